The average molecular weight is 119 g/mol. The minimum absolute atomic E-state index is 0.891. The van der Waals surface area contributed by atoms with Gasteiger partial charge in [0, 0.05) is 13.2 Å². The number of halogens is 2. The van der Waals surface area contributed by atoms with Crippen molar-refractivity contribution in [3.63, 3.8) is 0 Å². The fourth-order valence-corrected chi connectivity index (χ4v) is 0.205. The van der Waals surface area contributed by atoms with Gasteiger partial charge in [-0.3, -0.25) is 0 Å². The highest BCUT2D eigenvalue weighted by molar-refractivity contribution is 5.13. The van der Waals surface area contributed by atoms with Crippen LogP contribution in [0.1, 0.15) is 0 Å². The Balaban J connectivity index is 3.80. The Morgan fingerprint density at radius 2 is 2.12 bits per heavy atom. The third-order valence-electron chi connectivity index (χ3n) is 0.530. The Bertz CT molecular complexity index is 118. The van der Waals surface area contributed by atoms with Crippen molar-refractivity contribution < 1.29 is 8.78 Å². The van der Waals surface area contributed by atoms with Crippen molar-refractivity contribution in [1.29, 1.82) is 0 Å². The van der Waals surface area contributed by atoms with Crippen LogP contribution in [-0.4, -0.2) is 7.05 Å². The highest BCUT2D eigenvalue weighted by atomic mass is 19.2. The topological polar surface area (TPSA) is 12.0 Å². The lowest BCUT2D eigenvalue weighted by molar-refractivity contribution is 0.543. The molecular weight excluding hydrogens is 112 g/mol. The SMILES string of the molecule is C=C(F)/C(F)=C\NC. The largest absolute Gasteiger partial charge is 0.392 e. The van der Waals surface area contributed by atoms with Crippen molar-refractivity contribution in [2.24, 2.45) is 0 Å². The standard InChI is InChI=1S/C5H7F2N/c1-4(6)5(7)3-8-2/h3,8H,1H2,2H3/b5-3+. The average Bonchev–Trinajstić information content (AvgIpc) is 1.67. The lowest BCUT2D eigenvalue weighted by Crippen LogP contribution is -1.93. The van der Waals surface area contributed by atoms with Crippen LogP contribution >= 0.6 is 0 Å². The first-order valence-electron chi connectivity index (χ1n) is 2.06. The molecule has 0 heterocycles. The van der Waals surface area contributed by atoms with Crippen molar-refractivity contribution in [3.8, 4) is 0 Å². The first kappa shape index (κ1) is 7.14. The highest BCUT2D eigenvalue weighted by Gasteiger charge is 1.94. The molecule has 0 atom stereocenters. The predicted molar refractivity (Wildman–Crippen MR) is 28.5 cm³/mol. The summed E-state index contributed by atoms with van der Waals surface area (Å²) >= 11 is 0. The summed E-state index contributed by atoms with van der Waals surface area (Å²) in [6.45, 7) is 2.72. The van der Waals surface area contributed by atoms with Crippen LogP contribution in [0.15, 0.2) is 24.4 Å². The predicted octanol–water partition coefficient (Wildman–Crippen LogP) is 1.50. The molecule has 0 aromatic carbocycles. The molecule has 0 aromatic rings. The Hall–Kier alpha value is -0.860. The molecule has 0 aliphatic carbocycles. The minimum Gasteiger partial charge on any atom is -0.392 e. The molecule has 1 N–H and O–H groups in total. The normalized spacial score (nSPS) is 11.1. The maximum atomic E-state index is 11.8. The maximum absolute atomic E-state index is 11.8. The summed E-state index contributed by atoms with van der Waals surface area (Å²) in [6, 6.07) is 0. The smallest absolute Gasteiger partial charge is 0.173 e. The molecule has 0 fully saturated rings. The molecule has 1 nitrogen and oxygen atoms in total. The fraction of sp³-hybridized carbons (Fsp3) is 0.200. The molecular formula is C5H7F2N. The zero-order valence-electron chi connectivity index (χ0n) is 4.54. The number of nitrogens with one attached hydrogen (secondary N) is 1. The van der Waals surface area contributed by atoms with E-state index in [2.05, 4.69) is 11.9 Å². The van der Waals surface area contributed by atoms with Crippen LogP contribution in [0.2, 0.25) is 0 Å². The Morgan fingerprint density at radius 1 is 1.62 bits per heavy atom. The summed E-state index contributed by atoms with van der Waals surface area (Å²) in [6.07, 6.45) is 0.891. The van der Waals surface area contributed by atoms with Gasteiger partial charge in [0.05, 0.1) is 0 Å². The van der Waals surface area contributed by atoms with E-state index in [-0.39, 0.29) is 0 Å². The molecule has 46 valence electrons. The van der Waals surface area contributed by atoms with E-state index < -0.39 is 11.7 Å². The van der Waals surface area contributed by atoms with Gasteiger partial charge < -0.3 is 5.32 Å². The van der Waals surface area contributed by atoms with Gasteiger partial charge in [-0.15, -0.1) is 0 Å². The summed E-state index contributed by atoms with van der Waals surface area (Å²) in [5.41, 5.74) is 0. The number of hydrogen-bond donors (Lipinski definition) is 1. The molecule has 0 aliphatic heterocycles. The number of hydrogen-bond acceptors (Lipinski definition) is 1. The lowest BCUT2D eigenvalue weighted by Gasteiger charge is -1.87. The highest BCUT2D eigenvalue weighted by Crippen LogP contribution is 2.07. The van der Waals surface area contributed by atoms with Gasteiger partial charge in [-0.1, -0.05) is 6.58 Å². The molecule has 0 amide bonds. The Labute approximate surface area is 46.7 Å². The molecule has 0 bridgehead atoms. The van der Waals surface area contributed by atoms with E-state index in [9.17, 15) is 8.78 Å². The molecule has 0 unspecified atom stereocenters. The van der Waals surface area contributed by atoms with Crippen LogP contribution < -0.4 is 5.32 Å². The van der Waals surface area contributed by atoms with Gasteiger partial charge in [0.2, 0.25) is 0 Å². The van der Waals surface area contributed by atoms with Crippen LogP contribution in [0.4, 0.5) is 8.78 Å². The zero-order valence-corrected chi connectivity index (χ0v) is 4.54. The monoisotopic (exact) mass is 119 g/mol. The molecule has 0 aliphatic rings. The minimum atomic E-state index is -1.06. The van der Waals surface area contributed by atoms with E-state index in [1.807, 2.05) is 0 Å². The molecule has 0 aromatic heterocycles. The van der Waals surface area contributed by atoms with Crippen molar-refractivity contribution in [3.05, 3.63) is 24.4 Å². The van der Waals surface area contributed by atoms with E-state index in [4.69, 9.17) is 0 Å². The number of rotatable bonds is 2. The van der Waals surface area contributed by atoms with Crippen molar-refractivity contribution in [2.45, 2.75) is 0 Å². The van der Waals surface area contributed by atoms with Crippen molar-refractivity contribution in [1.82, 2.24) is 5.32 Å². The summed E-state index contributed by atoms with van der Waals surface area (Å²) in [7, 11) is 1.47. The third kappa shape index (κ3) is 2.34. The van der Waals surface area contributed by atoms with E-state index in [1.165, 1.54) is 7.05 Å². The van der Waals surface area contributed by atoms with Gasteiger partial charge in [-0.05, 0) is 0 Å². The van der Waals surface area contributed by atoms with Crippen LogP contribution in [0.25, 0.3) is 0 Å². The van der Waals surface area contributed by atoms with Gasteiger partial charge in [0.25, 0.3) is 0 Å². The molecule has 0 saturated heterocycles. The lowest BCUT2D eigenvalue weighted by atomic mass is 10.5. The van der Waals surface area contributed by atoms with Crippen LogP contribution in [0, 0.1) is 0 Å². The van der Waals surface area contributed by atoms with Gasteiger partial charge in [0.1, 0.15) is 0 Å². The molecule has 0 saturated carbocycles. The third-order valence-corrected chi connectivity index (χ3v) is 0.530. The second kappa shape index (κ2) is 3.18. The summed E-state index contributed by atoms with van der Waals surface area (Å²) in [4.78, 5) is 0. The van der Waals surface area contributed by atoms with Crippen molar-refractivity contribution >= 4 is 0 Å². The summed E-state index contributed by atoms with van der Waals surface area (Å²) < 4.78 is 23.5. The first-order valence-corrected chi connectivity index (χ1v) is 2.06. The molecule has 0 rings (SSSR count). The second-order valence-electron chi connectivity index (χ2n) is 1.19. The molecule has 3 heteroatoms. The van der Waals surface area contributed by atoms with Crippen LogP contribution in [0.3, 0.4) is 0 Å². The van der Waals surface area contributed by atoms with E-state index >= 15 is 0 Å². The molecule has 8 heavy (non-hydrogen) atoms. The second-order valence-corrected chi connectivity index (χ2v) is 1.19. The van der Waals surface area contributed by atoms with Gasteiger partial charge in [-0.25, -0.2) is 8.78 Å². The van der Waals surface area contributed by atoms with E-state index in [1.54, 1.807) is 0 Å². The van der Waals surface area contributed by atoms with E-state index in [0.717, 1.165) is 6.20 Å². The Kier molecular flexibility index (Phi) is 2.84. The number of allylic oxidation sites excluding steroid dienone is 2. The van der Waals surface area contributed by atoms with Crippen LogP contribution in [-0.2, 0) is 0 Å². The zero-order chi connectivity index (χ0) is 6.57. The maximum Gasteiger partial charge on any atom is 0.173 e. The quantitative estimate of drug-likeness (QED) is 0.543. The van der Waals surface area contributed by atoms with Gasteiger partial charge in [0.15, 0.2) is 11.7 Å². The van der Waals surface area contributed by atoms with Crippen LogP contribution in [0.5, 0.6) is 0 Å². The summed E-state index contributed by atoms with van der Waals surface area (Å²) in [5, 5.41) is 2.31. The fourth-order valence-electron chi connectivity index (χ4n) is 0.205. The van der Waals surface area contributed by atoms with E-state index in [0.29, 0.717) is 0 Å². The summed E-state index contributed by atoms with van der Waals surface area (Å²) in [5.74, 6) is -2.02. The Morgan fingerprint density at radius 3 is 2.25 bits per heavy atom. The van der Waals surface area contributed by atoms with Crippen molar-refractivity contribution in [2.75, 3.05) is 7.05 Å². The first-order chi connectivity index (χ1) is 3.68. The van der Waals surface area contributed by atoms with Gasteiger partial charge >= 0.3 is 0 Å². The van der Waals surface area contributed by atoms with Gasteiger partial charge in [-0.2, -0.15) is 0 Å². The molecule has 0 spiro atoms. The molecule has 0 radical (unpaired) electrons.